The van der Waals surface area contributed by atoms with Crippen molar-refractivity contribution in [3.05, 3.63) is 77.1 Å². The lowest BCUT2D eigenvalue weighted by atomic mass is 9.89. The van der Waals surface area contributed by atoms with Crippen LogP contribution in [0, 0.1) is 5.41 Å². The minimum Gasteiger partial charge on any atom is -0.443 e. The van der Waals surface area contributed by atoms with Crippen molar-refractivity contribution in [3.63, 3.8) is 0 Å². The summed E-state index contributed by atoms with van der Waals surface area (Å²) in [5.74, 6) is -0.271. The molecule has 5 heterocycles. The maximum absolute atomic E-state index is 13.1. The third-order valence-electron chi connectivity index (χ3n) is 6.73. The Labute approximate surface area is 230 Å². The molecule has 1 atom stereocenters. The average molecular weight is 546 g/mol. The summed E-state index contributed by atoms with van der Waals surface area (Å²) in [4.78, 5) is 36.9. The van der Waals surface area contributed by atoms with E-state index in [1.54, 1.807) is 30.7 Å². The minimum absolute atomic E-state index is 0.00154. The van der Waals surface area contributed by atoms with Crippen LogP contribution in [-0.2, 0) is 29.1 Å². The average Bonchev–Trinajstić information content (AvgIpc) is 3.43. The van der Waals surface area contributed by atoms with Crippen LogP contribution in [0.3, 0.4) is 0 Å². The summed E-state index contributed by atoms with van der Waals surface area (Å²) in [5, 5.41) is 7.94. The van der Waals surface area contributed by atoms with E-state index in [1.165, 1.54) is 0 Å². The zero-order valence-electron chi connectivity index (χ0n) is 21.8. The van der Waals surface area contributed by atoms with Gasteiger partial charge in [-0.2, -0.15) is 5.10 Å². The zero-order chi connectivity index (χ0) is 27.7. The van der Waals surface area contributed by atoms with Gasteiger partial charge in [0.1, 0.15) is 12.4 Å². The lowest BCUT2D eigenvalue weighted by molar-refractivity contribution is -0.117. The molecule has 5 rings (SSSR count). The third kappa shape index (κ3) is 5.75. The summed E-state index contributed by atoms with van der Waals surface area (Å²) in [6.07, 6.45) is 6.73. The fourth-order valence-corrected chi connectivity index (χ4v) is 4.82. The highest BCUT2D eigenvalue weighted by molar-refractivity contribution is 6.33. The molecule has 4 aromatic rings. The Morgan fingerprint density at radius 2 is 1.92 bits per heavy atom. The number of nitrogens with zero attached hydrogens (tertiary/aromatic N) is 5. The normalized spacial score (nSPS) is 14.5. The largest absolute Gasteiger partial charge is 0.443 e. The smallest absolute Gasteiger partial charge is 0.404 e. The molecule has 0 saturated carbocycles. The minimum atomic E-state index is -0.853. The second-order valence-corrected chi connectivity index (χ2v) is 10.8. The number of hydrogen-bond donors (Lipinski definition) is 2. The molecule has 1 unspecified atom stereocenters. The van der Waals surface area contributed by atoms with Gasteiger partial charge >= 0.3 is 6.09 Å². The molecule has 0 radical (unpaired) electrons. The molecule has 4 aromatic heterocycles. The van der Waals surface area contributed by atoms with Gasteiger partial charge in [0.15, 0.2) is 0 Å². The molecule has 2 amide bonds. The van der Waals surface area contributed by atoms with Gasteiger partial charge in [0.25, 0.3) is 0 Å². The van der Waals surface area contributed by atoms with Crippen LogP contribution in [0.5, 0.6) is 0 Å². The predicted octanol–water partition coefficient (Wildman–Crippen LogP) is 4.98. The third-order valence-corrected chi connectivity index (χ3v) is 7.03. The van der Waals surface area contributed by atoms with Crippen LogP contribution >= 0.6 is 11.6 Å². The molecule has 200 valence electrons. The van der Waals surface area contributed by atoms with Gasteiger partial charge in [-0.15, -0.1) is 0 Å². The highest BCUT2D eigenvalue weighted by Gasteiger charge is 2.32. The monoisotopic (exact) mass is 545 g/mol. The van der Waals surface area contributed by atoms with Crippen molar-refractivity contribution in [3.8, 4) is 22.4 Å². The van der Waals surface area contributed by atoms with Gasteiger partial charge in [-0.3, -0.25) is 19.4 Å². The number of primary amides is 1. The molecule has 3 N–H and O–H groups in total. The lowest BCUT2D eigenvalue weighted by Gasteiger charge is -2.15. The van der Waals surface area contributed by atoms with Crippen molar-refractivity contribution in [1.29, 1.82) is 0 Å². The van der Waals surface area contributed by atoms with E-state index in [0.29, 0.717) is 22.2 Å². The molecule has 1 aliphatic heterocycles. The molecule has 0 saturated heterocycles. The van der Waals surface area contributed by atoms with E-state index >= 15 is 0 Å². The Bertz CT molecular complexity index is 1530. The van der Waals surface area contributed by atoms with Gasteiger partial charge in [0, 0.05) is 47.5 Å². The summed E-state index contributed by atoms with van der Waals surface area (Å²) in [7, 11) is 0. The summed E-state index contributed by atoms with van der Waals surface area (Å²) in [6.45, 7) is 7.09. The van der Waals surface area contributed by atoms with Gasteiger partial charge in [0.05, 0.1) is 28.5 Å². The Balaban J connectivity index is 1.27. The fraction of sp³-hybridized carbons (Fsp3) is 0.286. The predicted molar refractivity (Wildman–Crippen MR) is 147 cm³/mol. The standard InChI is InChI=1S/C28H28ClN7O3/c1-16(17-5-7-23(32-10-17)18-4-6-19(31-11-18)14-39-27(30)38)26(37)35-25-8-20(22(29)13-33-25)21-12-34-36-15-28(2,3)9-24(21)36/h4-8,10-13,16H,9,14-15H2,1-3H3,(H2,30,38)(H,33,35,37). The van der Waals surface area contributed by atoms with Gasteiger partial charge in [-0.05, 0) is 48.6 Å². The maximum Gasteiger partial charge on any atom is 0.404 e. The summed E-state index contributed by atoms with van der Waals surface area (Å²) < 4.78 is 6.76. The van der Waals surface area contributed by atoms with E-state index in [1.807, 2.05) is 36.0 Å². The van der Waals surface area contributed by atoms with E-state index in [9.17, 15) is 9.59 Å². The van der Waals surface area contributed by atoms with Crippen molar-refractivity contribution in [1.82, 2.24) is 24.7 Å². The Hall–Kier alpha value is -4.31. The Morgan fingerprint density at radius 1 is 1.10 bits per heavy atom. The van der Waals surface area contributed by atoms with Crippen LogP contribution < -0.4 is 11.1 Å². The van der Waals surface area contributed by atoms with Crippen LogP contribution in [0.2, 0.25) is 5.02 Å². The van der Waals surface area contributed by atoms with Crippen LogP contribution in [0.15, 0.2) is 55.1 Å². The van der Waals surface area contributed by atoms with E-state index in [4.69, 9.17) is 22.1 Å². The second kappa shape index (κ2) is 10.5. The van der Waals surface area contributed by atoms with Crippen molar-refractivity contribution < 1.29 is 14.3 Å². The number of fused-ring (bicyclic) bond motifs is 1. The number of rotatable bonds is 7. The number of amides is 2. The highest BCUT2D eigenvalue weighted by atomic mass is 35.5. The number of anilines is 1. The van der Waals surface area contributed by atoms with E-state index in [2.05, 4.69) is 39.2 Å². The first-order valence-electron chi connectivity index (χ1n) is 12.4. The molecule has 0 aliphatic carbocycles. The number of carbonyl (C=O) groups is 2. The van der Waals surface area contributed by atoms with Crippen LogP contribution in [0.25, 0.3) is 22.4 Å². The van der Waals surface area contributed by atoms with Crippen LogP contribution in [-0.4, -0.2) is 36.7 Å². The summed E-state index contributed by atoms with van der Waals surface area (Å²) in [5.41, 5.74) is 10.8. The lowest BCUT2D eigenvalue weighted by Crippen LogP contribution is -2.19. The van der Waals surface area contributed by atoms with Crippen molar-refractivity contribution in [2.24, 2.45) is 11.1 Å². The van der Waals surface area contributed by atoms with Crippen molar-refractivity contribution in [2.45, 2.75) is 46.3 Å². The molecule has 0 aromatic carbocycles. The number of pyridine rings is 3. The molecule has 11 heteroatoms. The SMILES string of the molecule is CC(C(=O)Nc1cc(-c2cnn3c2CC(C)(C)C3)c(Cl)cn1)c1ccc(-c2ccc(COC(N)=O)nc2)nc1. The van der Waals surface area contributed by atoms with Crippen LogP contribution in [0.1, 0.15) is 43.6 Å². The number of halogens is 1. The Morgan fingerprint density at radius 3 is 2.62 bits per heavy atom. The molecule has 0 bridgehead atoms. The number of nitrogens with two attached hydrogens (primary N) is 1. The highest BCUT2D eigenvalue weighted by Crippen LogP contribution is 2.39. The van der Waals surface area contributed by atoms with Crippen molar-refractivity contribution >= 4 is 29.4 Å². The maximum atomic E-state index is 13.1. The van der Waals surface area contributed by atoms with Gasteiger partial charge < -0.3 is 15.8 Å². The molecule has 39 heavy (non-hydrogen) atoms. The van der Waals surface area contributed by atoms with Crippen LogP contribution in [0.4, 0.5) is 10.6 Å². The molecular formula is C28H28ClN7O3. The zero-order valence-corrected chi connectivity index (χ0v) is 22.6. The summed E-state index contributed by atoms with van der Waals surface area (Å²) >= 11 is 6.51. The Kier molecular flexibility index (Phi) is 7.05. The quantitative estimate of drug-likeness (QED) is 0.334. The molecule has 10 nitrogen and oxygen atoms in total. The topological polar surface area (TPSA) is 138 Å². The number of nitrogens with one attached hydrogen (secondary N) is 1. The molecule has 0 fully saturated rings. The fourth-order valence-electron chi connectivity index (χ4n) is 4.61. The molecule has 1 aliphatic rings. The van der Waals surface area contributed by atoms with E-state index in [0.717, 1.165) is 40.9 Å². The molecule has 0 spiro atoms. The molecular weight excluding hydrogens is 518 g/mol. The van der Waals surface area contributed by atoms with E-state index < -0.39 is 12.0 Å². The van der Waals surface area contributed by atoms with Gasteiger partial charge in [-0.25, -0.2) is 9.78 Å². The number of aromatic nitrogens is 5. The first-order chi connectivity index (χ1) is 18.6. The first-order valence-corrected chi connectivity index (χ1v) is 12.8. The number of ether oxygens (including phenoxy) is 1. The first kappa shape index (κ1) is 26.3. The second-order valence-electron chi connectivity index (χ2n) is 10.4. The number of hydrogen-bond acceptors (Lipinski definition) is 7. The number of carbonyl (C=O) groups excluding carboxylic acids is 2. The van der Waals surface area contributed by atoms with Gasteiger partial charge in [-0.1, -0.05) is 31.5 Å². The van der Waals surface area contributed by atoms with Gasteiger partial charge in [0.2, 0.25) is 5.91 Å². The summed E-state index contributed by atoms with van der Waals surface area (Å²) in [6, 6.07) is 9.04. The van der Waals surface area contributed by atoms with Crippen molar-refractivity contribution in [2.75, 3.05) is 5.32 Å². The van der Waals surface area contributed by atoms with E-state index in [-0.39, 0.29) is 17.9 Å².